The van der Waals surface area contributed by atoms with Crippen LogP contribution in [0.15, 0.2) is 188 Å². The van der Waals surface area contributed by atoms with Gasteiger partial charge in [0.1, 0.15) is 0 Å². The minimum absolute atomic E-state index is 0.0920. The molecule has 10 aromatic rings. The van der Waals surface area contributed by atoms with E-state index < -0.39 is 0 Å². The van der Waals surface area contributed by atoms with Crippen molar-refractivity contribution >= 4 is 60.4 Å². The van der Waals surface area contributed by atoms with E-state index in [0.29, 0.717) is 0 Å². The van der Waals surface area contributed by atoms with Gasteiger partial charge < -0.3 is 9.47 Å². The van der Waals surface area contributed by atoms with Crippen LogP contribution in [0, 0.1) is 6.92 Å². The van der Waals surface area contributed by atoms with Gasteiger partial charge in [0.05, 0.1) is 16.7 Å². The van der Waals surface area contributed by atoms with E-state index in [1.54, 1.807) is 0 Å². The van der Waals surface area contributed by atoms with Crippen molar-refractivity contribution in [3.63, 3.8) is 0 Å². The lowest BCUT2D eigenvalue weighted by Gasteiger charge is -2.29. The maximum Gasteiger partial charge on any atom is 0.0618 e. The normalized spacial score (nSPS) is 13.1. The molecule has 1 aliphatic rings. The van der Waals surface area contributed by atoms with Crippen molar-refractivity contribution in [3.05, 3.63) is 205 Å². The molecule has 0 atom stereocenters. The molecule has 0 spiro atoms. The molecule has 0 fully saturated rings. The third-order valence-corrected chi connectivity index (χ3v) is 12.2. The number of para-hydroxylation sites is 3. The highest BCUT2D eigenvalue weighted by Gasteiger charge is 2.36. The van der Waals surface area contributed by atoms with Crippen molar-refractivity contribution in [2.75, 3.05) is 4.90 Å². The highest BCUT2D eigenvalue weighted by Crippen LogP contribution is 2.53. The van der Waals surface area contributed by atoms with Crippen molar-refractivity contribution < 1.29 is 0 Å². The molecule has 11 rings (SSSR count). The number of hydrogen-bond donors (Lipinski definition) is 0. The standard InChI is InChI=1S/C54H40N2/c1-35-31-36(32-47-46-33-45-40-25-17-18-30-48(40)54(2,3)49(45)34-50(46)56(52(35)47)39-23-11-6-12-24-39)51-41-26-13-15-28-43(41)53(44-29-16-14-27-42(44)51)55(37-19-7-4-8-20-37)38-21-9-5-10-22-38/h4-34H,1-3H3. The first-order valence-corrected chi connectivity index (χ1v) is 19.6. The first-order chi connectivity index (χ1) is 27.5. The summed E-state index contributed by atoms with van der Waals surface area (Å²) in [6.45, 7) is 7.04. The second-order valence-electron chi connectivity index (χ2n) is 15.8. The Hall–Kier alpha value is -6.90. The number of nitrogens with zero attached hydrogens (tertiary/aromatic N) is 2. The van der Waals surface area contributed by atoms with E-state index >= 15 is 0 Å². The molecule has 9 aromatic carbocycles. The van der Waals surface area contributed by atoms with Crippen LogP contribution in [0.1, 0.15) is 30.5 Å². The van der Waals surface area contributed by atoms with Gasteiger partial charge in [0.2, 0.25) is 0 Å². The quantitative estimate of drug-likeness (QED) is 0.161. The number of aryl methyl sites for hydroxylation is 1. The van der Waals surface area contributed by atoms with Gasteiger partial charge in [0.25, 0.3) is 0 Å². The number of aromatic nitrogens is 1. The number of anilines is 3. The molecule has 1 aliphatic carbocycles. The molecular weight excluding hydrogens is 677 g/mol. The van der Waals surface area contributed by atoms with Crippen LogP contribution in [-0.4, -0.2) is 4.57 Å². The Kier molecular flexibility index (Phi) is 7.15. The summed E-state index contributed by atoms with van der Waals surface area (Å²) >= 11 is 0. The fourth-order valence-electron chi connectivity index (χ4n) is 9.75. The third kappa shape index (κ3) is 4.69. The molecule has 266 valence electrons. The van der Waals surface area contributed by atoms with Crippen LogP contribution >= 0.6 is 0 Å². The van der Waals surface area contributed by atoms with Gasteiger partial charge in [-0.25, -0.2) is 0 Å². The van der Waals surface area contributed by atoms with Crippen LogP contribution in [0.3, 0.4) is 0 Å². The predicted octanol–water partition coefficient (Wildman–Crippen LogP) is 14.8. The van der Waals surface area contributed by atoms with Gasteiger partial charge in [-0.2, -0.15) is 0 Å². The summed E-state index contributed by atoms with van der Waals surface area (Å²) in [4.78, 5) is 2.43. The van der Waals surface area contributed by atoms with E-state index in [2.05, 4.69) is 218 Å². The van der Waals surface area contributed by atoms with Crippen molar-refractivity contribution in [1.82, 2.24) is 4.57 Å². The fraction of sp³-hybridized carbons (Fsp3) is 0.0741. The zero-order valence-corrected chi connectivity index (χ0v) is 31.8. The molecular formula is C54H40N2. The van der Waals surface area contributed by atoms with E-state index in [0.717, 1.165) is 11.4 Å². The van der Waals surface area contributed by atoms with E-state index in [-0.39, 0.29) is 5.41 Å². The van der Waals surface area contributed by atoms with Gasteiger partial charge in [-0.3, -0.25) is 0 Å². The number of rotatable bonds is 5. The third-order valence-electron chi connectivity index (χ3n) is 12.2. The average Bonchev–Trinajstić information content (AvgIpc) is 3.69. The lowest BCUT2D eigenvalue weighted by Crippen LogP contribution is -2.14. The largest absolute Gasteiger partial charge is 0.309 e. The molecule has 0 amide bonds. The molecule has 2 heteroatoms. The van der Waals surface area contributed by atoms with E-state index in [1.807, 2.05) is 0 Å². The second-order valence-corrected chi connectivity index (χ2v) is 15.8. The van der Waals surface area contributed by atoms with Crippen molar-refractivity contribution in [3.8, 4) is 27.9 Å². The minimum atomic E-state index is -0.0920. The van der Waals surface area contributed by atoms with Crippen LogP contribution in [0.4, 0.5) is 17.1 Å². The van der Waals surface area contributed by atoms with Crippen LogP contribution < -0.4 is 4.90 Å². The first-order valence-electron chi connectivity index (χ1n) is 19.6. The van der Waals surface area contributed by atoms with Gasteiger partial charge in [-0.1, -0.05) is 141 Å². The molecule has 0 N–H and O–H groups in total. The van der Waals surface area contributed by atoms with Crippen LogP contribution in [0.2, 0.25) is 0 Å². The van der Waals surface area contributed by atoms with Gasteiger partial charge in [-0.15, -0.1) is 0 Å². The van der Waals surface area contributed by atoms with Crippen LogP contribution in [0.5, 0.6) is 0 Å². The van der Waals surface area contributed by atoms with Gasteiger partial charge >= 0.3 is 0 Å². The Morgan fingerprint density at radius 3 is 1.61 bits per heavy atom. The summed E-state index contributed by atoms with van der Waals surface area (Å²) in [5, 5.41) is 7.46. The molecule has 0 aliphatic heterocycles. The molecule has 0 saturated heterocycles. The van der Waals surface area contributed by atoms with Crippen LogP contribution in [-0.2, 0) is 5.41 Å². The Morgan fingerprint density at radius 1 is 0.446 bits per heavy atom. The number of fused-ring (bicyclic) bond motifs is 8. The lowest BCUT2D eigenvalue weighted by molar-refractivity contribution is 0.661. The monoisotopic (exact) mass is 716 g/mol. The van der Waals surface area contributed by atoms with E-state index in [1.165, 1.54) is 93.7 Å². The topological polar surface area (TPSA) is 8.17 Å². The zero-order valence-electron chi connectivity index (χ0n) is 31.8. The van der Waals surface area contributed by atoms with Gasteiger partial charge in [0, 0.05) is 44.0 Å². The summed E-state index contributed by atoms with van der Waals surface area (Å²) < 4.78 is 2.50. The van der Waals surface area contributed by atoms with Crippen molar-refractivity contribution in [2.24, 2.45) is 0 Å². The molecule has 0 saturated carbocycles. The van der Waals surface area contributed by atoms with Crippen molar-refractivity contribution in [1.29, 1.82) is 0 Å². The SMILES string of the molecule is Cc1cc(-c2c3ccccc3c(N(c3ccccc3)c3ccccc3)c3ccccc23)cc2c3cc4c(cc3n(-c3ccccc3)c12)C(C)(C)c1ccccc1-4. The smallest absolute Gasteiger partial charge is 0.0618 e. The van der Waals surface area contributed by atoms with Gasteiger partial charge in [-0.05, 0) is 117 Å². The minimum Gasteiger partial charge on any atom is -0.309 e. The highest BCUT2D eigenvalue weighted by atomic mass is 15.1. The maximum atomic E-state index is 2.50. The second kappa shape index (κ2) is 12.3. The zero-order chi connectivity index (χ0) is 37.5. The summed E-state index contributed by atoms with van der Waals surface area (Å²) in [5.74, 6) is 0. The number of benzene rings is 9. The van der Waals surface area contributed by atoms with Gasteiger partial charge in [0.15, 0.2) is 0 Å². The van der Waals surface area contributed by atoms with E-state index in [9.17, 15) is 0 Å². The molecule has 1 heterocycles. The predicted molar refractivity (Wildman–Crippen MR) is 238 cm³/mol. The molecule has 0 unspecified atom stereocenters. The summed E-state index contributed by atoms with van der Waals surface area (Å²) in [6.07, 6.45) is 0. The lowest BCUT2D eigenvalue weighted by atomic mass is 9.82. The average molecular weight is 717 g/mol. The Morgan fingerprint density at radius 2 is 0.982 bits per heavy atom. The summed E-state index contributed by atoms with van der Waals surface area (Å²) in [6, 6.07) is 69.2. The first kappa shape index (κ1) is 32.5. The Labute approximate surface area is 327 Å². The molecule has 0 radical (unpaired) electrons. The molecule has 1 aromatic heterocycles. The van der Waals surface area contributed by atoms with Crippen molar-refractivity contribution in [2.45, 2.75) is 26.2 Å². The maximum absolute atomic E-state index is 2.50. The summed E-state index contributed by atoms with van der Waals surface area (Å²) in [5.41, 5.74) is 16.3. The fourth-order valence-corrected chi connectivity index (χ4v) is 9.75. The Balaban J connectivity index is 1.24. The molecule has 56 heavy (non-hydrogen) atoms. The molecule has 0 bridgehead atoms. The summed E-state index contributed by atoms with van der Waals surface area (Å²) in [7, 11) is 0. The molecule has 2 nitrogen and oxygen atoms in total. The van der Waals surface area contributed by atoms with Crippen LogP contribution in [0.25, 0.3) is 71.3 Å². The van der Waals surface area contributed by atoms with E-state index in [4.69, 9.17) is 0 Å². The Bertz CT molecular complexity index is 3060. The highest BCUT2D eigenvalue weighted by molar-refractivity contribution is 6.23. The number of hydrogen-bond acceptors (Lipinski definition) is 1.